The van der Waals surface area contributed by atoms with Crippen molar-refractivity contribution in [1.82, 2.24) is 5.32 Å². The normalized spacial score (nSPS) is 13.2. The summed E-state index contributed by atoms with van der Waals surface area (Å²) in [6.45, 7) is 5.62. The van der Waals surface area contributed by atoms with Crippen molar-refractivity contribution in [2.45, 2.75) is 26.7 Å². The van der Waals surface area contributed by atoms with Gasteiger partial charge in [-0.25, -0.2) is 0 Å². The van der Waals surface area contributed by atoms with Crippen molar-refractivity contribution in [2.24, 2.45) is 16.3 Å². The van der Waals surface area contributed by atoms with Crippen LogP contribution in [0.25, 0.3) is 0 Å². The molecular weight excluding hydrogens is 182 g/mol. The van der Waals surface area contributed by atoms with E-state index in [-0.39, 0.29) is 17.9 Å². The Kier molecular flexibility index (Phi) is 6.23. The zero-order chi connectivity index (χ0) is 11.0. The standard InChI is InChI=1S/C9H21N3O2/c1-9(2,4-3-5-13)7-11-6-8(10)12-14/h11,13-14H,3-7H2,1-2H3,(H2,10,12). The number of nitrogens with one attached hydrogen (secondary N) is 1. The molecule has 0 fully saturated rings. The van der Waals surface area contributed by atoms with Gasteiger partial charge in [0.25, 0.3) is 0 Å². The molecule has 5 N–H and O–H groups in total. The molecule has 0 radical (unpaired) electrons. The quantitative estimate of drug-likeness (QED) is 0.205. The molecule has 0 amide bonds. The van der Waals surface area contributed by atoms with Crippen LogP contribution in [-0.2, 0) is 0 Å². The van der Waals surface area contributed by atoms with E-state index in [0.717, 1.165) is 19.4 Å². The van der Waals surface area contributed by atoms with Gasteiger partial charge in [-0.2, -0.15) is 0 Å². The molecule has 0 atom stereocenters. The number of nitrogens with two attached hydrogens (primary N) is 1. The van der Waals surface area contributed by atoms with Gasteiger partial charge in [0, 0.05) is 13.2 Å². The second-order valence-electron chi connectivity index (χ2n) is 4.19. The lowest BCUT2D eigenvalue weighted by atomic mass is 9.88. The van der Waals surface area contributed by atoms with Crippen LogP contribution in [0.5, 0.6) is 0 Å². The summed E-state index contributed by atoms with van der Waals surface area (Å²) < 4.78 is 0. The SMILES string of the molecule is CC(C)(CCCO)CNCC(N)=NO. The van der Waals surface area contributed by atoms with Crippen LogP contribution < -0.4 is 11.1 Å². The van der Waals surface area contributed by atoms with Gasteiger partial charge in [-0.1, -0.05) is 19.0 Å². The van der Waals surface area contributed by atoms with Crippen LogP contribution in [0.4, 0.5) is 0 Å². The molecule has 0 aromatic carbocycles. The average Bonchev–Trinajstić information content (AvgIpc) is 2.14. The van der Waals surface area contributed by atoms with Crippen molar-refractivity contribution in [2.75, 3.05) is 19.7 Å². The highest BCUT2D eigenvalue weighted by Gasteiger charge is 2.16. The highest BCUT2D eigenvalue weighted by molar-refractivity contribution is 5.81. The van der Waals surface area contributed by atoms with Gasteiger partial charge in [0.1, 0.15) is 0 Å². The minimum Gasteiger partial charge on any atom is -0.409 e. The highest BCUT2D eigenvalue weighted by atomic mass is 16.4. The third-order valence-corrected chi connectivity index (χ3v) is 2.05. The maximum absolute atomic E-state index is 8.69. The van der Waals surface area contributed by atoms with Gasteiger partial charge in [-0.05, 0) is 18.3 Å². The fourth-order valence-electron chi connectivity index (χ4n) is 1.21. The van der Waals surface area contributed by atoms with Crippen LogP contribution in [0.15, 0.2) is 5.16 Å². The number of amidine groups is 1. The first-order chi connectivity index (χ1) is 6.52. The number of aliphatic hydroxyl groups is 1. The Bertz CT molecular complexity index is 181. The number of oxime groups is 1. The largest absolute Gasteiger partial charge is 0.409 e. The maximum Gasteiger partial charge on any atom is 0.153 e. The lowest BCUT2D eigenvalue weighted by Crippen LogP contribution is -2.35. The summed E-state index contributed by atoms with van der Waals surface area (Å²) in [5, 5.41) is 22.9. The smallest absolute Gasteiger partial charge is 0.153 e. The number of hydrogen-bond donors (Lipinski definition) is 4. The van der Waals surface area contributed by atoms with Crippen LogP contribution >= 0.6 is 0 Å². The van der Waals surface area contributed by atoms with E-state index in [9.17, 15) is 0 Å². The molecule has 0 aliphatic rings. The topological polar surface area (TPSA) is 90.9 Å². The third kappa shape index (κ3) is 6.68. The molecule has 0 aromatic rings. The number of nitrogens with zero attached hydrogens (tertiary/aromatic N) is 1. The lowest BCUT2D eigenvalue weighted by Gasteiger charge is -2.24. The Morgan fingerprint density at radius 2 is 2.14 bits per heavy atom. The molecule has 0 rings (SSSR count). The molecule has 0 heterocycles. The van der Waals surface area contributed by atoms with Crippen LogP contribution in [-0.4, -0.2) is 35.8 Å². The molecule has 0 aromatic heterocycles. The first kappa shape index (κ1) is 13.2. The van der Waals surface area contributed by atoms with Crippen molar-refractivity contribution in [3.8, 4) is 0 Å². The monoisotopic (exact) mass is 203 g/mol. The molecule has 0 unspecified atom stereocenters. The van der Waals surface area contributed by atoms with Crippen LogP contribution in [0.1, 0.15) is 26.7 Å². The van der Waals surface area contributed by atoms with Crippen molar-refractivity contribution in [3.63, 3.8) is 0 Å². The number of aliphatic hydroxyl groups excluding tert-OH is 1. The zero-order valence-electron chi connectivity index (χ0n) is 8.95. The van der Waals surface area contributed by atoms with Crippen molar-refractivity contribution >= 4 is 5.84 Å². The number of rotatable bonds is 7. The Balaban J connectivity index is 3.64. The molecule has 0 aliphatic heterocycles. The third-order valence-electron chi connectivity index (χ3n) is 2.05. The predicted molar refractivity (Wildman–Crippen MR) is 56.4 cm³/mol. The Morgan fingerprint density at radius 1 is 1.50 bits per heavy atom. The minimum atomic E-state index is 0.123. The Morgan fingerprint density at radius 3 is 2.64 bits per heavy atom. The summed E-state index contributed by atoms with van der Waals surface area (Å²) in [7, 11) is 0. The first-order valence-electron chi connectivity index (χ1n) is 4.80. The molecule has 0 spiro atoms. The van der Waals surface area contributed by atoms with Crippen LogP contribution in [0, 0.1) is 5.41 Å². The van der Waals surface area contributed by atoms with E-state index < -0.39 is 0 Å². The van der Waals surface area contributed by atoms with E-state index in [2.05, 4.69) is 24.3 Å². The molecule has 0 bridgehead atoms. The lowest BCUT2D eigenvalue weighted by molar-refractivity contribution is 0.238. The summed E-state index contributed by atoms with van der Waals surface area (Å²) in [6, 6.07) is 0. The van der Waals surface area contributed by atoms with Crippen LogP contribution in [0.2, 0.25) is 0 Å². The van der Waals surface area contributed by atoms with E-state index in [4.69, 9.17) is 16.0 Å². The van der Waals surface area contributed by atoms with Gasteiger partial charge in [-0.3, -0.25) is 0 Å². The summed E-state index contributed by atoms with van der Waals surface area (Å²) in [5.74, 6) is 0.183. The summed E-state index contributed by atoms with van der Waals surface area (Å²) in [5.41, 5.74) is 5.42. The average molecular weight is 203 g/mol. The Labute approximate surface area is 85.0 Å². The molecule has 0 aliphatic carbocycles. The second-order valence-corrected chi connectivity index (χ2v) is 4.19. The van der Waals surface area contributed by atoms with E-state index in [1.165, 1.54) is 0 Å². The highest BCUT2D eigenvalue weighted by Crippen LogP contribution is 2.20. The fourth-order valence-corrected chi connectivity index (χ4v) is 1.21. The molecule has 0 saturated carbocycles. The minimum absolute atomic E-state index is 0.123. The summed E-state index contributed by atoms with van der Waals surface area (Å²) >= 11 is 0. The van der Waals surface area contributed by atoms with Crippen molar-refractivity contribution in [3.05, 3.63) is 0 Å². The molecular formula is C9H21N3O2. The molecule has 14 heavy (non-hydrogen) atoms. The fraction of sp³-hybridized carbons (Fsp3) is 0.889. The van der Waals surface area contributed by atoms with Gasteiger partial charge in [-0.15, -0.1) is 0 Å². The second kappa shape index (κ2) is 6.62. The molecule has 0 saturated heterocycles. The van der Waals surface area contributed by atoms with Gasteiger partial charge in [0.15, 0.2) is 5.84 Å². The predicted octanol–water partition coefficient (Wildman–Crippen LogP) is 0.121. The van der Waals surface area contributed by atoms with Crippen molar-refractivity contribution in [1.29, 1.82) is 0 Å². The van der Waals surface area contributed by atoms with Crippen molar-refractivity contribution < 1.29 is 10.3 Å². The first-order valence-corrected chi connectivity index (χ1v) is 4.80. The molecule has 5 nitrogen and oxygen atoms in total. The summed E-state index contributed by atoms with van der Waals surface area (Å²) in [6.07, 6.45) is 1.75. The molecule has 5 heteroatoms. The maximum atomic E-state index is 8.69. The van der Waals surface area contributed by atoms with Gasteiger partial charge in [0.2, 0.25) is 0 Å². The van der Waals surface area contributed by atoms with E-state index >= 15 is 0 Å². The molecule has 84 valence electrons. The van der Waals surface area contributed by atoms with E-state index in [1.807, 2.05) is 0 Å². The van der Waals surface area contributed by atoms with E-state index in [1.54, 1.807) is 0 Å². The van der Waals surface area contributed by atoms with Gasteiger partial charge >= 0.3 is 0 Å². The summed E-state index contributed by atoms with van der Waals surface area (Å²) in [4.78, 5) is 0. The van der Waals surface area contributed by atoms with Crippen LogP contribution in [0.3, 0.4) is 0 Å². The Hall–Kier alpha value is -0.810. The number of hydrogen-bond acceptors (Lipinski definition) is 4. The zero-order valence-corrected chi connectivity index (χ0v) is 8.95. The van der Waals surface area contributed by atoms with Gasteiger partial charge < -0.3 is 21.4 Å². The van der Waals surface area contributed by atoms with E-state index in [0.29, 0.717) is 6.54 Å². The van der Waals surface area contributed by atoms with Gasteiger partial charge in [0.05, 0.1) is 6.54 Å².